The molecule has 0 aliphatic carbocycles. The lowest BCUT2D eigenvalue weighted by atomic mass is 9.97. The predicted molar refractivity (Wildman–Crippen MR) is 112 cm³/mol. The van der Waals surface area contributed by atoms with E-state index in [4.69, 9.17) is 9.47 Å². The molecule has 3 aromatic rings. The highest BCUT2D eigenvalue weighted by atomic mass is 16.5. The van der Waals surface area contributed by atoms with Crippen LogP contribution in [0.1, 0.15) is 24.8 Å². The Balaban J connectivity index is 1.49. The lowest BCUT2D eigenvalue weighted by Crippen LogP contribution is -2.23. The summed E-state index contributed by atoms with van der Waals surface area (Å²) < 4.78 is 10.9. The summed E-state index contributed by atoms with van der Waals surface area (Å²) in [5.74, 6) is 0.228. The molecule has 0 bridgehead atoms. The molecule has 0 saturated carbocycles. The smallest absolute Gasteiger partial charge is 0.313 e. The third-order valence-electron chi connectivity index (χ3n) is 4.36. The molecular weight excluding hydrogens is 366 g/mol. The summed E-state index contributed by atoms with van der Waals surface area (Å²) in [4.78, 5) is 24.5. The predicted octanol–water partition coefficient (Wildman–Crippen LogP) is 5.15. The number of para-hydroxylation sites is 1. The van der Waals surface area contributed by atoms with Gasteiger partial charge >= 0.3 is 5.97 Å². The number of esters is 1. The Bertz CT molecular complexity index is 924. The van der Waals surface area contributed by atoms with E-state index >= 15 is 0 Å². The lowest BCUT2D eigenvalue weighted by Gasteiger charge is -2.14. The van der Waals surface area contributed by atoms with Crippen LogP contribution >= 0.6 is 0 Å². The van der Waals surface area contributed by atoms with E-state index in [2.05, 4.69) is 5.32 Å². The SMILES string of the molecule is CC[C@@H](C(=O)OCC(=O)Nc1ccc(Oc2ccccc2)cc1)c1ccccc1. The highest BCUT2D eigenvalue weighted by molar-refractivity contribution is 5.93. The Hall–Kier alpha value is -3.60. The summed E-state index contributed by atoms with van der Waals surface area (Å²) >= 11 is 0. The molecular formula is C24H23NO4. The zero-order valence-electron chi connectivity index (χ0n) is 16.2. The highest BCUT2D eigenvalue weighted by Gasteiger charge is 2.20. The summed E-state index contributed by atoms with van der Waals surface area (Å²) in [5, 5.41) is 2.71. The van der Waals surface area contributed by atoms with Crippen molar-refractivity contribution in [3.63, 3.8) is 0 Å². The van der Waals surface area contributed by atoms with Gasteiger partial charge in [-0.15, -0.1) is 0 Å². The maximum absolute atomic E-state index is 12.3. The zero-order valence-corrected chi connectivity index (χ0v) is 16.2. The zero-order chi connectivity index (χ0) is 20.5. The Kier molecular flexibility index (Phi) is 7.00. The summed E-state index contributed by atoms with van der Waals surface area (Å²) in [6.45, 7) is 1.59. The van der Waals surface area contributed by atoms with Crippen LogP contribution in [-0.4, -0.2) is 18.5 Å². The van der Waals surface area contributed by atoms with Crippen molar-refractivity contribution < 1.29 is 19.1 Å². The number of hydrogen-bond acceptors (Lipinski definition) is 4. The van der Waals surface area contributed by atoms with E-state index in [9.17, 15) is 9.59 Å². The normalized spacial score (nSPS) is 11.3. The van der Waals surface area contributed by atoms with E-state index < -0.39 is 11.9 Å². The van der Waals surface area contributed by atoms with Gasteiger partial charge in [0, 0.05) is 5.69 Å². The van der Waals surface area contributed by atoms with Crippen molar-refractivity contribution in [2.75, 3.05) is 11.9 Å². The van der Waals surface area contributed by atoms with Crippen LogP contribution < -0.4 is 10.1 Å². The van der Waals surface area contributed by atoms with E-state index in [0.717, 1.165) is 11.3 Å². The standard InChI is InChI=1S/C24H23NO4/c1-2-22(18-9-5-3-6-10-18)24(27)28-17-23(26)25-19-13-15-21(16-14-19)29-20-11-7-4-8-12-20/h3-16,22H,2,17H2,1H3,(H,25,26)/t22-/m1/s1. The second-order valence-electron chi connectivity index (χ2n) is 6.47. The molecule has 29 heavy (non-hydrogen) atoms. The van der Waals surface area contributed by atoms with Gasteiger partial charge in [0.1, 0.15) is 11.5 Å². The van der Waals surface area contributed by atoms with Gasteiger partial charge in [-0.3, -0.25) is 9.59 Å². The molecule has 0 heterocycles. The maximum atomic E-state index is 12.3. The molecule has 0 unspecified atom stereocenters. The van der Waals surface area contributed by atoms with Crippen molar-refractivity contribution in [1.82, 2.24) is 0 Å². The first-order chi connectivity index (χ1) is 14.2. The van der Waals surface area contributed by atoms with Crippen molar-refractivity contribution in [2.24, 2.45) is 0 Å². The number of hydrogen-bond donors (Lipinski definition) is 1. The molecule has 5 heteroatoms. The molecule has 5 nitrogen and oxygen atoms in total. The van der Waals surface area contributed by atoms with E-state index in [-0.39, 0.29) is 12.5 Å². The number of ether oxygens (including phenoxy) is 2. The van der Waals surface area contributed by atoms with Crippen LogP contribution in [0.5, 0.6) is 11.5 Å². The number of nitrogens with one attached hydrogen (secondary N) is 1. The minimum atomic E-state index is -0.402. The molecule has 3 aromatic carbocycles. The van der Waals surface area contributed by atoms with Gasteiger partial charge in [-0.2, -0.15) is 0 Å². The number of benzene rings is 3. The minimum absolute atomic E-state index is 0.329. The van der Waals surface area contributed by atoms with Gasteiger partial charge in [0.2, 0.25) is 0 Å². The maximum Gasteiger partial charge on any atom is 0.313 e. The molecule has 3 rings (SSSR count). The van der Waals surface area contributed by atoms with Crippen molar-refractivity contribution in [3.05, 3.63) is 90.5 Å². The monoisotopic (exact) mass is 389 g/mol. The first-order valence-electron chi connectivity index (χ1n) is 9.50. The molecule has 0 fully saturated rings. The highest BCUT2D eigenvalue weighted by Crippen LogP contribution is 2.23. The average Bonchev–Trinajstić information content (AvgIpc) is 2.76. The Labute approximate surface area is 170 Å². The van der Waals surface area contributed by atoms with Crippen LogP contribution in [0.25, 0.3) is 0 Å². The third-order valence-corrected chi connectivity index (χ3v) is 4.36. The van der Waals surface area contributed by atoms with Crippen LogP contribution in [0, 0.1) is 0 Å². The van der Waals surface area contributed by atoms with E-state index in [1.54, 1.807) is 24.3 Å². The van der Waals surface area contributed by atoms with Crippen LogP contribution in [0.15, 0.2) is 84.9 Å². The van der Waals surface area contributed by atoms with Gasteiger partial charge < -0.3 is 14.8 Å². The second-order valence-corrected chi connectivity index (χ2v) is 6.47. The molecule has 0 spiro atoms. The summed E-state index contributed by atoms with van der Waals surface area (Å²) in [7, 11) is 0. The number of anilines is 1. The van der Waals surface area contributed by atoms with Crippen molar-refractivity contribution in [2.45, 2.75) is 19.3 Å². The average molecular weight is 389 g/mol. The molecule has 1 amide bonds. The van der Waals surface area contributed by atoms with Crippen LogP contribution in [0.2, 0.25) is 0 Å². The topological polar surface area (TPSA) is 64.6 Å². The molecule has 0 radical (unpaired) electrons. The fourth-order valence-electron chi connectivity index (χ4n) is 2.89. The summed E-state index contributed by atoms with van der Waals surface area (Å²) in [5.41, 5.74) is 1.48. The minimum Gasteiger partial charge on any atom is -0.457 e. The summed E-state index contributed by atoms with van der Waals surface area (Å²) in [6, 6.07) is 25.8. The van der Waals surface area contributed by atoms with Gasteiger partial charge in [0.05, 0.1) is 5.92 Å². The van der Waals surface area contributed by atoms with E-state index in [1.807, 2.05) is 67.6 Å². The molecule has 1 N–H and O–H groups in total. The van der Waals surface area contributed by atoms with E-state index in [1.165, 1.54) is 0 Å². The van der Waals surface area contributed by atoms with Crippen LogP contribution in [-0.2, 0) is 14.3 Å². The largest absolute Gasteiger partial charge is 0.457 e. The second kappa shape index (κ2) is 10.1. The van der Waals surface area contributed by atoms with Gasteiger partial charge in [-0.05, 0) is 48.4 Å². The lowest BCUT2D eigenvalue weighted by molar-refractivity contribution is -0.149. The van der Waals surface area contributed by atoms with Crippen molar-refractivity contribution in [1.29, 1.82) is 0 Å². The molecule has 0 aliphatic rings. The quantitative estimate of drug-likeness (QED) is 0.541. The Morgan fingerprint density at radius 2 is 1.41 bits per heavy atom. The Morgan fingerprint density at radius 1 is 0.828 bits per heavy atom. The van der Waals surface area contributed by atoms with Crippen molar-refractivity contribution in [3.8, 4) is 11.5 Å². The van der Waals surface area contributed by atoms with Crippen LogP contribution in [0.3, 0.4) is 0 Å². The van der Waals surface area contributed by atoms with Gasteiger partial charge in [-0.25, -0.2) is 0 Å². The fourth-order valence-corrected chi connectivity index (χ4v) is 2.89. The molecule has 0 aliphatic heterocycles. The third kappa shape index (κ3) is 5.94. The number of carbonyl (C=O) groups is 2. The van der Waals surface area contributed by atoms with Gasteiger partial charge in [0.25, 0.3) is 5.91 Å². The number of carbonyl (C=O) groups excluding carboxylic acids is 2. The van der Waals surface area contributed by atoms with E-state index in [0.29, 0.717) is 17.9 Å². The van der Waals surface area contributed by atoms with Gasteiger partial charge in [-0.1, -0.05) is 55.5 Å². The number of rotatable bonds is 8. The molecule has 148 valence electrons. The molecule has 0 aromatic heterocycles. The molecule has 0 saturated heterocycles. The van der Waals surface area contributed by atoms with Crippen LogP contribution in [0.4, 0.5) is 5.69 Å². The van der Waals surface area contributed by atoms with Gasteiger partial charge in [0.15, 0.2) is 6.61 Å². The van der Waals surface area contributed by atoms with Crippen molar-refractivity contribution >= 4 is 17.6 Å². The summed E-state index contributed by atoms with van der Waals surface area (Å²) in [6.07, 6.45) is 0.605. The first kappa shape index (κ1) is 20.1. The fraction of sp³-hybridized carbons (Fsp3) is 0.167. The number of amides is 1. The molecule has 1 atom stereocenters. The Morgan fingerprint density at radius 3 is 2.03 bits per heavy atom. The first-order valence-corrected chi connectivity index (χ1v) is 9.50.